The first-order valence-corrected chi connectivity index (χ1v) is 8.75. The maximum Gasteiger partial charge on any atom is 0.422 e. The lowest BCUT2D eigenvalue weighted by atomic mass is 10.2. The number of para-hydroxylation sites is 1. The van der Waals surface area contributed by atoms with Crippen LogP contribution in [0.15, 0.2) is 29.3 Å². The van der Waals surface area contributed by atoms with E-state index < -0.39 is 12.8 Å². The molecule has 2 N–H and O–H groups in total. The van der Waals surface area contributed by atoms with Crippen LogP contribution in [-0.4, -0.2) is 30.8 Å². The average Bonchev–Trinajstić information content (AvgIpc) is 2.90. The lowest BCUT2D eigenvalue weighted by Crippen LogP contribution is -2.36. The van der Waals surface area contributed by atoms with Gasteiger partial charge in [0.05, 0.1) is 17.2 Å². The van der Waals surface area contributed by atoms with Crippen LogP contribution in [0.2, 0.25) is 0 Å². The zero-order valence-electron chi connectivity index (χ0n) is 15.2. The number of nitrogens with zero attached hydrogens (tertiary/aromatic N) is 2. The van der Waals surface area contributed by atoms with Crippen LogP contribution in [0.3, 0.4) is 0 Å². The summed E-state index contributed by atoms with van der Waals surface area (Å²) in [5, 5.41) is 7.25. The van der Waals surface area contributed by atoms with E-state index in [4.69, 9.17) is 4.74 Å². The fourth-order valence-corrected chi connectivity index (χ4v) is 3.13. The molecule has 1 heterocycles. The van der Waals surface area contributed by atoms with E-state index in [1.54, 1.807) is 36.6 Å². The van der Waals surface area contributed by atoms with Crippen molar-refractivity contribution in [2.45, 2.75) is 33.1 Å². The second-order valence-electron chi connectivity index (χ2n) is 5.53. The Kier molecular flexibility index (Phi) is 9.30. The Morgan fingerprint density at radius 2 is 1.85 bits per heavy atom. The van der Waals surface area contributed by atoms with E-state index in [2.05, 4.69) is 20.6 Å². The number of rotatable bonds is 6. The Morgan fingerprint density at radius 3 is 2.44 bits per heavy atom. The number of benzene rings is 1. The minimum atomic E-state index is -4.37. The molecular formula is C17H22F3IN4OS. The van der Waals surface area contributed by atoms with Gasteiger partial charge in [-0.2, -0.15) is 13.2 Å². The molecule has 0 saturated carbocycles. The highest BCUT2D eigenvalue weighted by molar-refractivity contribution is 14.0. The minimum absolute atomic E-state index is 0. The van der Waals surface area contributed by atoms with Gasteiger partial charge in [0.1, 0.15) is 5.75 Å². The number of aryl methyl sites for hydroxylation is 2. The highest BCUT2D eigenvalue weighted by Crippen LogP contribution is 2.22. The number of halogens is 4. The smallest absolute Gasteiger partial charge is 0.422 e. The number of alkyl halides is 3. The second-order valence-corrected chi connectivity index (χ2v) is 6.82. The summed E-state index contributed by atoms with van der Waals surface area (Å²) in [5.41, 5.74) is 1.59. The molecule has 0 spiro atoms. The van der Waals surface area contributed by atoms with Gasteiger partial charge in [0, 0.05) is 24.0 Å². The van der Waals surface area contributed by atoms with Gasteiger partial charge in [0.15, 0.2) is 12.6 Å². The molecule has 2 rings (SSSR count). The second kappa shape index (κ2) is 10.7. The molecule has 0 atom stereocenters. The van der Waals surface area contributed by atoms with Crippen molar-refractivity contribution in [3.05, 3.63) is 45.4 Å². The summed E-state index contributed by atoms with van der Waals surface area (Å²) in [6.07, 6.45) is -4.37. The number of hydrogen-bond acceptors (Lipinski definition) is 4. The molecule has 0 bridgehead atoms. The molecule has 0 amide bonds. The quantitative estimate of drug-likeness (QED) is 0.345. The third-order valence-corrected chi connectivity index (χ3v) is 4.52. The minimum Gasteiger partial charge on any atom is -0.484 e. The van der Waals surface area contributed by atoms with Crippen LogP contribution in [0.5, 0.6) is 5.75 Å². The van der Waals surface area contributed by atoms with Crippen LogP contribution in [0.4, 0.5) is 13.2 Å². The molecule has 0 aliphatic carbocycles. The first-order valence-electron chi connectivity index (χ1n) is 7.93. The standard InChI is InChI=1S/C17H21F3N4OS.HI/c1-11-15(26-12(2)24-11)9-23-16(21-3)22-8-13-6-4-5-7-14(13)25-10-17(18,19)20;/h4-7H,8-10H2,1-3H3,(H2,21,22,23);1H. The first kappa shape index (κ1) is 23.5. The Morgan fingerprint density at radius 1 is 1.19 bits per heavy atom. The monoisotopic (exact) mass is 514 g/mol. The predicted octanol–water partition coefficient (Wildman–Crippen LogP) is 4.18. The number of ether oxygens (including phenoxy) is 1. The van der Waals surface area contributed by atoms with Gasteiger partial charge < -0.3 is 15.4 Å². The zero-order valence-corrected chi connectivity index (χ0v) is 18.3. The molecule has 0 saturated heterocycles. The summed E-state index contributed by atoms with van der Waals surface area (Å²) in [6.45, 7) is 3.44. The van der Waals surface area contributed by atoms with Crippen LogP contribution in [0.1, 0.15) is 21.1 Å². The van der Waals surface area contributed by atoms with Crippen LogP contribution in [-0.2, 0) is 13.1 Å². The molecule has 150 valence electrons. The molecule has 0 unspecified atom stereocenters. The van der Waals surface area contributed by atoms with Crippen molar-refractivity contribution in [2.75, 3.05) is 13.7 Å². The van der Waals surface area contributed by atoms with E-state index in [0.717, 1.165) is 15.6 Å². The van der Waals surface area contributed by atoms with Crippen LogP contribution >= 0.6 is 35.3 Å². The zero-order chi connectivity index (χ0) is 19.2. The van der Waals surface area contributed by atoms with E-state index in [1.807, 2.05) is 13.8 Å². The molecular weight excluding hydrogens is 492 g/mol. The summed E-state index contributed by atoms with van der Waals surface area (Å²) in [5.74, 6) is 0.739. The van der Waals surface area contributed by atoms with E-state index in [9.17, 15) is 13.2 Å². The van der Waals surface area contributed by atoms with Crippen molar-refractivity contribution in [3.8, 4) is 5.75 Å². The van der Waals surface area contributed by atoms with Crippen molar-refractivity contribution >= 4 is 41.3 Å². The molecule has 0 fully saturated rings. The normalized spacial score (nSPS) is 11.7. The van der Waals surface area contributed by atoms with Gasteiger partial charge in [0.2, 0.25) is 0 Å². The summed E-state index contributed by atoms with van der Waals surface area (Å²) in [6, 6.07) is 6.61. The number of nitrogens with one attached hydrogen (secondary N) is 2. The number of hydrogen-bond donors (Lipinski definition) is 2. The number of aromatic nitrogens is 1. The first-order chi connectivity index (χ1) is 12.3. The van der Waals surface area contributed by atoms with Gasteiger partial charge in [-0.1, -0.05) is 18.2 Å². The summed E-state index contributed by atoms with van der Waals surface area (Å²) >= 11 is 1.61. The maximum atomic E-state index is 12.4. The Balaban J connectivity index is 0.00000364. The topological polar surface area (TPSA) is 58.5 Å². The van der Waals surface area contributed by atoms with Gasteiger partial charge in [-0.15, -0.1) is 35.3 Å². The van der Waals surface area contributed by atoms with Gasteiger partial charge >= 0.3 is 6.18 Å². The van der Waals surface area contributed by atoms with E-state index in [0.29, 0.717) is 18.1 Å². The van der Waals surface area contributed by atoms with Crippen LogP contribution in [0, 0.1) is 13.8 Å². The summed E-state index contributed by atoms with van der Waals surface area (Å²) in [4.78, 5) is 9.61. The lowest BCUT2D eigenvalue weighted by Gasteiger charge is -2.15. The molecule has 10 heteroatoms. The Hall–Kier alpha value is -1.56. The van der Waals surface area contributed by atoms with Crippen molar-refractivity contribution in [2.24, 2.45) is 4.99 Å². The third kappa shape index (κ3) is 7.91. The van der Waals surface area contributed by atoms with Crippen molar-refractivity contribution in [1.82, 2.24) is 15.6 Å². The van der Waals surface area contributed by atoms with Crippen LogP contribution in [0.25, 0.3) is 0 Å². The lowest BCUT2D eigenvalue weighted by molar-refractivity contribution is -0.153. The van der Waals surface area contributed by atoms with Crippen molar-refractivity contribution < 1.29 is 17.9 Å². The maximum absolute atomic E-state index is 12.4. The van der Waals surface area contributed by atoms with Crippen molar-refractivity contribution in [3.63, 3.8) is 0 Å². The molecule has 0 aliphatic rings. The van der Waals surface area contributed by atoms with Gasteiger partial charge in [-0.25, -0.2) is 4.98 Å². The predicted molar refractivity (Wildman–Crippen MR) is 112 cm³/mol. The van der Waals surface area contributed by atoms with Crippen LogP contribution < -0.4 is 15.4 Å². The molecule has 2 aromatic rings. The number of thiazole rings is 1. The van der Waals surface area contributed by atoms with E-state index in [1.165, 1.54) is 6.07 Å². The molecule has 0 aliphatic heterocycles. The number of aliphatic imine (C=N–C) groups is 1. The van der Waals surface area contributed by atoms with E-state index >= 15 is 0 Å². The SMILES string of the molecule is CN=C(NCc1ccccc1OCC(F)(F)F)NCc1sc(C)nc1C.I. The molecule has 0 radical (unpaired) electrons. The average molecular weight is 514 g/mol. The molecule has 1 aromatic carbocycles. The Bertz CT molecular complexity index is 765. The highest BCUT2D eigenvalue weighted by Gasteiger charge is 2.28. The van der Waals surface area contributed by atoms with E-state index in [-0.39, 0.29) is 36.3 Å². The third-order valence-electron chi connectivity index (χ3n) is 3.45. The highest BCUT2D eigenvalue weighted by atomic mass is 127. The summed E-state index contributed by atoms with van der Waals surface area (Å²) < 4.78 is 42.0. The van der Waals surface area contributed by atoms with Crippen molar-refractivity contribution in [1.29, 1.82) is 0 Å². The molecule has 5 nitrogen and oxygen atoms in total. The Labute approximate surface area is 177 Å². The fraction of sp³-hybridized carbons (Fsp3) is 0.412. The number of guanidine groups is 1. The largest absolute Gasteiger partial charge is 0.484 e. The molecule has 27 heavy (non-hydrogen) atoms. The van der Waals surface area contributed by atoms with Gasteiger partial charge in [-0.3, -0.25) is 4.99 Å². The molecule has 1 aromatic heterocycles. The summed E-state index contributed by atoms with van der Waals surface area (Å²) in [7, 11) is 1.63. The fourth-order valence-electron chi connectivity index (χ4n) is 2.25. The van der Waals surface area contributed by atoms with Gasteiger partial charge in [0.25, 0.3) is 0 Å². The van der Waals surface area contributed by atoms with Gasteiger partial charge in [-0.05, 0) is 19.9 Å².